The van der Waals surface area contributed by atoms with Crippen LogP contribution in [0.2, 0.25) is 0 Å². The number of aldehydes is 1. The molecule has 1 atom stereocenters. The first-order valence-corrected chi connectivity index (χ1v) is 4.66. The van der Waals surface area contributed by atoms with Crippen molar-refractivity contribution in [1.82, 2.24) is 0 Å². The molecule has 0 N–H and O–H groups in total. The monoisotopic (exact) mass is 192 g/mol. The number of rotatable bonds is 3. The molecule has 0 aliphatic heterocycles. The van der Waals surface area contributed by atoms with Gasteiger partial charge in [0.25, 0.3) is 0 Å². The zero-order valence-corrected chi connectivity index (χ0v) is 9.13. The van der Waals surface area contributed by atoms with E-state index in [2.05, 4.69) is 12.1 Å². The number of aryl methyl sites for hydroxylation is 3. The maximum atomic E-state index is 10.8. The maximum Gasteiger partial charge on any atom is 0.153 e. The van der Waals surface area contributed by atoms with Crippen molar-refractivity contribution in [2.45, 2.75) is 26.9 Å². The highest BCUT2D eigenvalue weighted by molar-refractivity contribution is 5.62. The van der Waals surface area contributed by atoms with Gasteiger partial charge in [-0.1, -0.05) is 17.7 Å². The molecule has 1 rings (SSSR count). The Morgan fingerprint density at radius 2 is 1.71 bits per heavy atom. The van der Waals surface area contributed by atoms with Crippen molar-refractivity contribution in [3.63, 3.8) is 0 Å². The number of methoxy groups -OCH3 is 1. The molecule has 1 aromatic rings. The van der Waals surface area contributed by atoms with Crippen molar-refractivity contribution < 1.29 is 9.53 Å². The summed E-state index contributed by atoms with van der Waals surface area (Å²) in [7, 11) is 1.55. The summed E-state index contributed by atoms with van der Waals surface area (Å²) in [6.07, 6.45) is 0.403. The van der Waals surface area contributed by atoms with Gasteiger partial charge in [-0.05, 0) is 37.5 Å². The number of benzene rings is 1. The molecule has 1 unspecified atom stereocenters. The molecule has 0 saturated heterocycles. The third kappa shape index (κ3) is 2.02. The van der Waals surface area contributed by atoms with Gasteiger partial charge in [0.15, 0.2) is 6.29 Å². The van der Waals surface area contributed by atoms with E-state index in [4.69, 9.17) is 4.74 Å². The molecule has 0 bridgehead atoms. The lowest BCUT2D eigenvalue weighted by Crippen LogP contribution is -2.07. The van der Waals surface area contributed by atoms with Crippen LogP contribution < -0.4 is 0 Å². The summed E-state index contributed by atoms with van der Waals surface area (Å²) >= 11 is 0. The van der Waals surface area contributed by atoms with Crippen molar-refractivity contribution in [2.24, 2.45) is 0 Å². The fourth-order valence-corrected chi connectivity index (χ4v) is 1.88. The lowest BCUT2D eigenvalue weighted by molar-refractivity contribution is -0.116. The normalized spacial score (nSPS) is 12.6. The van der Waals surface area contributed by atoms with E-state index in [1.807, 2.05) is 20.8 Å². The molecule has 0 radical (unpaired) electrons. The number of hydrogen-bond donors (Lipinski definition) is 0. The molecule has 0 heterocycles. The van der Waals surface area contributed by atoms with E-state index < -0.39 is 6.10 Å². The SMILES string of the molecule is COC(C=O)c1c(C)cc(C)cc1C. The molecule has 0 aromatic heterocycles. The Hall–Kier alpha value is -1.15. The summed E-state index contributed by atoms with van der Waals surface area (Å²) in [5.74, 6) is 0. The lowest BCUT2D eigenvalue weighted by Gasteiger charge is -2.15. The second-order valence-corrected chi connectivity index (χ2v) is 3.60. The van der Waals surface area contributed by atoms with Crippen LogP contribution in [0.1, 0.15) is 28.4 Å². The smallest absolute Gasteiger partial charge is 0.153 e. The average molecular weight is 192 g/mol. The van der Waals surface area contributed by atoms with Crippen molar-refractivity contribution >= 4 is 6.29 Å². The van der Waals surface area contributed by atoms with Gasteiger partial charge in [-0.2, -0.15) is 0 Å². The molecule has 2 heteroatoms. The van der Waals surface area contributed by atoms with E-state index in [1.165, 1.54) is 5.56 Å². The highest BCUT2D eigenvalue weighted by atomic mass is 16.5. The summed E-state index contributed by atoms with van der Waals surface area (Å²) in [5, 5.41) is 0. The Morgan fingerprint density at radius 3 is 2.07 bits per heavy atom. The molecular formula is C12H16O2. The van der Waals surface area contributed by atoms with E-state index in [1.54, 1.807) is 7.11 Å². The number of ether oxygens (including phenoxy) is 1. The van der Waals surface area contributed by atoms with Crippen LogP contribution in [0.4, 0.5) is 0 Å². The first-order valence-electron chi connectivity index (χ1n) is 4.66. The van der Waals surface area contributed by atoms with Gasteiger partial charge < -0.3 is 9.53 Å². The molecular weight excluding hydrogens is 176 g/mol. The van der Waals surface area contributed by atoms with Gasteiger partial charge in [-0.25, -0.2) is 0 Å². The van der Waals surface area contributed by atoms with Crippen LogP contribution in [0.25, 0.3) is 0 Å². The zero-order valence-electron chi connectivity index (χ0n) is 9.13. The van der Waals surface area contributed by atoms with E-state index in [9.17, 15) is 4.79 Å². The fourth-order valence-electron chi connectivity index (χ4n) is 1.88. The van der Waals surface area contributed by atoms with Crippen LogP contribution >= 0.6 is 0 Å². The minimum Gasteiger partial charge on any atom is -0.369 e. The molecule has 0 saturated carbocycles. The Balaban J connectivity index is 3.25. The molecule has 0 spiro atoms. The van der Waals surface area contributed by atoms with E-state index >= 15 is 0 Å². The third-order valence-electron chi connectivity index (χ3n) is 2.40. The molecule has 1 aromatic carbocycles. The Kier molecular flexibility index (Phi) is 3.42. The summed E-state index contributed by atoms with van der Waals surface area (Å²) < 4.78 is 5.12. The van der Waals surface area contributed by atoms with Crippen LogP contribution in [0, 0.1) is 20.8 Å². The largest absolute Gasteiger partial charge is 0.369 e. The number of carbonyl (C=O) groups is 1. The summed E-state index contributed by atoms with van der Waals surface area (Å²) in [6.45, 7) is 6.06. The van der Waals surface area contributed by atoms with E-state index in [0.717, 1.165) is 23.0 Å². The van der Waals surface area contributed by atoms with Gasteiger partial charge in [-0.3, -0.25) is 0 Å². The molecule has 0 aliphatic rings. The van der Waals surface area contributed by atoms with Crippen LogP contribution in [0.3, 0.4) is 0 Å². The van der Waals surface area contributed by atoms with Crippen molar-refractivity contribution in [2.75, 3.05) is 7.11 Å². The highest BCUT2D eigenvalue weighted by Crippen LogP contribution is 2.24. The van der Waals surface area contributed by atoms with E-state index in [0.29, 0.717) is 0 Å². The van der Waals surface area contributed by atoms with Gasteiger partial charge in [0.2, 0.25) is 0 Å². The quantitative estimate of drug-likeness (QED) is 0.688. The maximum absolute atomic E-state index is 10.8. The van der Waals surface area contributed by atoms with E-state index in [-0.39, 0.29) is 0 Å². The standard InChI is InChI=1S/C12H16O2/c1-8-5-9(2)12(10(3)6-8)11(7-13)14-4/h5-7,11H,1-4H3. The number of hydrogen-bond acceptors (Lipinski definition) is 2. The first-order chi connectivity index (χ1) is 6.60. The molecule has 14 heavy (non-hydrogen) atoms. The fraction of sp³-hybridized carbons (Fsp3) is 0.417. The topological polar surface area (TPSA) is 26.3 Å². The average Bonchev–Trinajstić information content (AvgIpc) is 2.10. The third-order valence-corrected chi connectivity index (χ3v) is 2.40. The Morgan fingerprint density at radius 1 is 1.21 bits per heavy atom. The van der Waals surface area contributed by atoms with Crippen LogP contribution in [0.5, 0.6) is 0 Å². The minimum atomic E-state index is -0.435. The Labute approximate surface area is 84.9 Å². The van der Waals surface area contributed by atoms with Crippen molar-refractivity contribution in [3.8, 4) is 0 Å². The lowest BCUT2D eigenvalue weighted by atomic mass is 9.96. The predicted molar refractivity (Wildman–Crippen MR) is 56.5 cm³/mol. The van der Waals surface area contributed by atoms with Gasteiger partial charge >= 0.3 is 0 Å². The second kappa shape index (κ2) is 4.38. The van der Waals surface area contributed by atoms with Crippen molar-refractivity contribution in [3.05, 3.63) is 34.4 Å². The summed E-state index contributed by atoms with van der Waals surface area (Å²) in [6, 6.07) is 4.13. The van der Waals surface area contributed by atoms with Crippen molar-refractivity contribution in [1.29, 1.82) is 0 Å². The van der Waals surface area contributed by atoms with Crippen LogP contribution in [-0.2, 0) is 9.53 Å². The van der Waals surface area contributed by atoms with Gasteiger partial charge in [-0.15, -0.1) is 0 Å². The van der Waals surface area contributed by atoms with Crippen LogP contribution in [-0.4, -0.2) is 13.4 Å². The summed E-state index contributed by atoms with van der Waals surface area (Å²) in [5.41, 5.74) is 4.43. The first kappa shape index (κ1) is 10.9. The van der Waals surface area contributed by atoms with Crippen LogP contribution in [0.15, 0.2) is 12.1 Å². The molecule has 0 aliphatic carbocycles. The molecule has 0 amide bonds. The Bertz CT molecular complexity index is 319. The summed E-state index contributed by atoms with van der Waals surface area (Å²) in [4.78, 5) is 10.8. The second-order valence-electron chi connectivity index (χ2n) is 3.60. The predicted octanol–water partition coefficient (Wildman–Crippen LogP) is 2.50. The highest BCUT2D eigenvalue weighted by Gasteiger charge is 2.14. The molecule has 2 nitrogen and oxygen atoms in total. The zero-order chi connectivity index (χ0) is 10.7. The minimum absolute atomic E-state index is 0.435. The molecule has 76 valence electrons. The molecule has 0 fully saturated rings. The van der Waals surface area contributed by atoms with Gasteiger partial charge in [0.05, 0.1) is 0 Å². The number of carbonyl (C=O) groups excluding carboxylic acids is 1. The van der Waals surface area contributed by atoms with Gasteiger partial charge in [0, 0.05) is 7.11 Å². The van der Waals surface area contributed by atoms with Gasteiger partial charge in [0.1, 0.15) is 6.10 Å².